The number of aryl methyl sites for hydroxylation is 3. The van der Waals surface area contributed by atoms with E-state index in [9.17, 15) is 4.79 Å². The molecule has 2 rings (SSSR count). The van der Waals surface area contributed by atoms with Crippen LogP contribution in [-0.4, -0.2) is 21.0 Å². The molecule has 0 spiro atoms. The van der Waals surface area contributed by atoms with E-state index in [0.717, 1.165) is 22.8 Å². The Morgan fingerprint density at radius 3 is 2.55 bits per heavy atom. The summed E-state index contributed by atoms with van der Waals surface area (Å²) < 4.78 is 5.59. The van der Waals surface area contributed by atoms with Crippen molar-refractivity contribution >= 4 is 5.97 Å². The summed E-state index contributed by atoms with van der Waals surface area (Å²) in [5.41, 5.74) is 3.55. The lowest BCUT2D eigenvalue weighted by Crippen LogP contribution is -2.06. The van der Waals surface area contributed by atoms with Crippen molar-refractivity contribution in [1.29, 1.82) is 0 Å². The Bertz CT molecular complexity index is 654. The maximum atomic E-state index is 10.9. The van der Waals surface area contributed by atoms with E-state index in [4.69, 9.17) is 9.84 Å². The van der Waals surface area contributed by atoms with E-state index in [1.54, 1.807) is 12.1 Å². The van der Waals surface area contributed by atoms with E-state index in [-0.39, 0.29) is 12.2 Å². The van der Waals surface area contributed by atoms with Crippen LogP contribution in [0.2, 0.25) is 0 Å². The summed E-state index contributed by atoms with van der Waals surface area (Å²) in [7, 11) is 0. The number of nitrogens with zero attached hydrogens (tertiary/aromatic N) is 2. The maximum absolute atomic E-state index is 10.9. The molecule has 0 aliphatic rings. The van der Waals surface area contributed by atoms with Gasteiger partial charge in [-0.15, -0.1) is 0 Å². The fraction of sp³-hybridized carbons (Fsp3) is 0.267. The highest BCUT2D eigenvalue weighted by Gasteiger charge is 2.08. The van der Waals surface area contributed by atoms with Gasteiger partial charge in [0.1, 0.15) is 12.4 Å². The number of aromatic carboxylic acids is 1. The molecule has 0 aliphatic heterocycles. The molecular formula is C15H16N2O3. The number of hydrogen-bond donors (Lipinski definition) is 1. The first-order valence-corrected chi connectivity index (χ1v) is 6.24. The summed E-state index contributed by atoms with van der Waals surface area (Å²) in [5, 5.41) is 8.93. The van der Waals surface area contributed by atoms with Gasteiger partial charge < -0.3 is 9.84 Å². The molecule has 1 aromatic carbocycles. The Morgan fingerprint density at radius 2 is 1.85 bits per heavy atom. The first kappa shape index (κ1) is 14.0. The molecule has 0 atom stereocenters. The molecule has 5 nitrogen and oxygen atoms in total. The molecule has 20 heavy (non-hydrogen) atoms. The first-order valence-electron chi connectivity index (χ1n) is 6.24. The summed E-state index contributed by atoms with van der Waals surface area (Å²) >= 11 is 0. The maximum Gasteiger partial charge on any atom is 0.335 e. The molecular weight excluding hydrogens is 256 g/mol. The molecule has 1 aromatic heterocycles. The minimum Gasteiger partial charge on any atom is -0.487 e. The van der Waals surface area contributed by atoms with Crippen molar-refractivity contribution in [3.05, 3.63) is 52.6 Å². The van der Waals surface area contributed by atoms with Crippen molar-refractivity contribution in [2.45, 2.75) is 27.4 Å². The molecule has 0 radical (unpaired) electrons. The normalized spacial score (nSPS) is 10.3. The van der Waals surface area contributed by atoms with E-state index >= 15 is 0 Å². The molecule has 0 saturated heterocycles. The molecule has 0 aliphatic carbocycles. The molecule has 0 bridgehead atoms. The van der Waals surface area contributed by atoms with Gasteiger partial charge in [-0.25, -0.2) is 4.79 Å². The lowest BCUT2D eigenvalue weighted by molar-refractivity contribution is 0.0696. The van der Waals surface area contributed by atoms with Crippen LogP contribution >= 0.6 is 0 Å². The average molecular weight is 272 g/mol. The Balaban J connectivity index is 2.15. The molecule has 104 valence electrons. The number of hydrogen-bond acceptors (Lipinski definition) is 4. The Kier molecular flexibility index (Phi) is 3.98. The summed E-state index contributed by atoms with van der Waals surface area (Å²) in [6, 6.07) is 6.39. The van der Waals surface area contributed by atoms with E-state index < -0.39 is 5.97 Å². The third-order valence-corrected chi connectivity index (χ3v) is 3.04. The molecule has 1 N–H and O–H groups in total. The summed E-state index contributed by atoms with van der Waals surface area (Å²) in [6.45, 7) is 5.96. The summed E-state index contributed by atoms with van der Waals surface area (Å²) in [5.74, 6) is -0.470. The highest BCUT2D eigenvalue weighted by atomic mass is 16.5. The van der Waals surface area contributed by atoms with Crippen LogP contribution in [0.5, 0.6) is 5.75 Å². The van der Waals surface area contributed by atoms with Crippen LogP contribution in [0.1, 0.15) is 33.1 Å². The smallest absolute Gasteiger partial charge is 0.335 e. The van der Waals surface area contributed by atoms with Crippen molar-refractivity contribution in [2.24, 2.45) is 0 Å². The zero-order valence-electron chi connectivity index (χ0n) is 11.7. The van der Waals surface area contributed by atoms with Gasteiger partial charge >= 0.3 is 5.97 Å². The molecule has 1 heterocycles. The molecule has 0 fully saturated rings. The number of carboxylic acids is 1. The molecule has 5 heteroatoms. The van der Waals surface area contributed by atoms with E-state index in [2.05, 4.69) is 9.97 Å². The van der Waals surface area contributed by atoms with Crippen molar-refractivity contribution in [1.82, 2.24) is 9.97 Å². The van der Waals surface area contributed by atoms with Gasteiger partial charge in [0.25, 0.3) is 0 Å². The third kappa shape index (κ3) is 3.12. The monoisotopic (exact) mass is 272 g/mol. The quantitative estimate of drug-likeness (QED) is 0.926. The predicted molar refractivity (Wildman–Crippen MR) is 74.0 cm³/mol. The molecule has 0 saturated carbocycles. The van der Waals surface area contributed by atoms with Gasteiger partial charge in [0, 0.05) is 0 Å². The number of benzene rings is 1. The topological polar surface area (TPSA) is 72.3 Å². The molecule has 0 unspecified atom stereocenters. The Hall–Kier alpha value is -2.43. The van der Waals surface area contributed by atoms with Gasteiger partial charge in [0.15, 0.2) is 0 Å². The van der Waals surface area contributed by atoms with Crippen LogP contribution in [0.25, 0.3) is 0 Å². The van der Waals surface area contributed by atoms with Gasteiger partial charge in [-0.1, -0.05) is 6.07 Å². The van der Waals surface area contributed by atoms with E-state index in [0.29, 0.717) is 5.75 Å². The van der Waals surface area contributed by atoms with Crippen LogP contribution in [0.3, 0.4) is 0 Å². The molecule has 2 aromatic rings. The Labute approximate surface area is 117 Å². The fourth-order valence-corrected chi connectivity index (χ4v) is 1.77. The summed E-state index contributed by atoms with van der Waals surface area (Å²) in [4.78, 5) is 19.7. The zero-order chi connectivity index (χ0) is 14.7. The van der Waals surface area contributed by atoms with Crippen molar-refractivity contribution in [3.8, 4) is 5.75 Å². The second-order valence-corrected chi connectivity index (χ2v) is 4.55. The highest BCUT2D eigenvalue weighted by molar-refractivity contribution is 5.87. The van der Waals surface area contributed by atoms with Crippen LogP contribution in [0, 0.1) is 20.8 Å². The van der Waals surface area contributed by atoms with Crippen molar-refractivity contribution in [3.63, 3.8) is 0 Å². The largest absolute Gasteiger partial charge is 0.487 e. The van der Waals surface area contributed by atoms with Gasteiger partial charge in [0.05, 0.1) is 28.3 Å². The van der Waals surface area contributed by atoms with E-state index in [1.807, 2.05) is 20.8 Å². The number of rotatable bonds is 4. The van der Waals surface area contributed by atoms with Gasteiger partial charge in [-0.2, -0.15) is 0 Å². The van der Waals surface area contributed by atoms with Crippen molar-refractivity contribution in [2.75, 3.05) is 0 Å². The number of carboxylic acid groups (broad SMARTS) is 1. The van der Waals surface area contributed by atoms with Gasteiger partial charge in [-0.05, 0) is 39.0 Å². The minimum absolute atomic E-state index is 0.199. The lowest BCUT2D eigenvalue weighted by Gasteiger charge is -2.10. The fourth-order valence-electron chi connectivity index (χ4n) is 1.77. The van der Waals surface area contributed by atoms with Crippen LogP contribution in [0.4, 0.5) is 0 Å². The summed E-state index contributed by atoms with van der Waals surface area (Å²) in [6.07, 6.45) is 0. The second-order valence-electron chi connectivity index (χ2n) is 4.55. The SMILES string of the molecule is Cc1nc(C)c(COc2cccc(C(=O)O)c2)nc1C. The predicted octanol–water partition coefficient (Wildman–Crippen LogP) is 2.68. The first-order chi connectivity index (χ1) is 9.47. The third-order valence-electron chi connectivity index (χ3n) is 3.04. The molecule has 0 amide bonds. The van der Waals surface area contributed by atoms with Crippen LogP contribution < -0.4 is 4.74 Å². The number of aromatic nitrogens is 2. The van der Waals surface area contributed by atoms with Crippen LogP contribution in [0.15, 0.2) is 24.3 Å². The van der Waals surface area contributed by atoms with Crippen LogP contribution in [-0.2, 0) is 6.61 Å². The zero-order valence-corrected chi connectivity index (χ0v) is 11.7. The van der Waals surface area contributed by atoms with E-state index in [1.165, 1.54) is 12.1 Å². The van der Waals surface area contributed by atoms with Crippen molar-refractivity contribution < 1.29 is 14.6 Å². The lowest BCUT2D eigenvalue weighted by atomic mass is 10.2. The van der Waals surface area contributed by atoms with Gasteiger partial charge in [0.2, 0.25) is 0 Å². The number of ether oxygens (including phenoxy) is 1. The second kappa shape index (κ2) is 5.69. The standard InChI is InChI=1S/C15H16N2O3/c1-9-10(2)17-14(11(3)16-9)8-20-13-6-4-5-12(7-13)15(18)19/h4-7H,8H2,1-3H3,(H,18,19). The Morgan fingerprint density at radius 1 is 1.15 bits per heavy atom. The number of carbonyl (C=O) groups is 1. The minimum atomic E-state index is -0.974. The highest BCUT2D eigenvalue weighted by Crippen LogP contribution is 2.16. The van der Waals surface area contributed by atoms with Gasteiger partial charge in [-0.3, -0.25) is 9.97 Å². The average Bonchev–Trinajstić information content (AvgIpc) is 2.41.